The predicted octanol–water partition coefficient (Wildman–Crippen LogP) is 1.43. The van der Waals surface area contributed by atoms with Crippen LogP contribution >= 0.6 is 0 Å². The fraction of sp³-hybridized carbons (Fsp3) is 0.636. The van der Waals surface area contributed by atoms with E-state index in [4.69, 9.17) is 0 Å². The average Bonchev–Trinajstić information content (AvgIpc) is 2.68. The lowest BCUT2D eigenvalue weighted by Gasteiger charge is -2.16. The van der Waals surface area contributed by atoms with Crippen LogP contribution < -0.4 is 5.32 Å². The molecule has 0 fully saturated rings. The first kappa shape index (κ1) is 11.8. The van der Waals surface area contributed by atoms with Gasteiger partial charge in [-0.25, -0.2) is 4.98 Å². The molecule has 0 aliphatic rings. The molecule has 2 atom stereocenters. The largest absolute Gasteiger partial charge is 0.352 e. The van der Waals surface area contributed by atoms with E-state index in [1.165, 1.54) is 0 Å². The minimum Gasteiger partial charge on any atom is -0.352 e. The Morgan fingerprint density at radius 3 is 2.80 bits per heavy atom. The number of hydrogen-bond donors (Lipinski definition) is 1. The Bertz CT molecular complexity index is 295. The second-order valence-electron chi connectivity index (χ2n) is 3.98. The lowest BCUT2D eigenvalue weighted by Crippen LogP contribution is -2.38. The highest BCUT2D eigenvalue weighted by Gasteiger charge is 2.13. The predicted molar refractivity (Wildman–Crippen MR) is 59.3 cm³/mol. The Kier molecular flexibility index (Phi) is 4.34. The van der Waals surface area contributed by atoms with Gasteiger partial charge in [-0.3, -0.25) is 4.79 Å². The molecule has 1 aromatic rings. The van der Waals surface area contributed by atoms with Gasteiger partial charge in [-0.2, -0.15) is 0 Å². The topological polar surface area (TPSA) is 46.9 Å². The number of amides is 1. The molecule has 0 bridgehead atoms. The molecule has 0 aliphatic carbocycles. The van der Waals surface area contributed by atoms with Crippen molar-refractivity contribution in [2.24, 2.45) is 5.92 Å². The van der Waals surface area contributed by atoms with Crippen molar-refractivity contribution in [1.82, 2.24) is 14.9 Å². The second kappa shape index (κ2) is 5.53. The first-order chi connectivity index (χ1) is 7.13. The zero-order valence-electron chi connectivity index (χ0n) is 9.60. The summed E-state index contributed by atoms with van der Waals surface area (Å²) in [7, 11) is 0. The van der Waals surface area contributed by atoms with E-state index < -0.39 is 0 Å². The molecule has 84 valence electrons. The summed E-state index contributed by atoms with van der Waals surface area (Å²) >= 11 is 0. The fourth-order valence-corrected chi connectivity index (χ4v) is 1.33. The Morgan fingerprint density at radius 1 is 1.53 bits per heavy atom. The number of nitrogens with zero attached hydrogens (tertiary/aromatic N) is 2. The third kappa shape index (κ3) is 3.73. The first-order valence-electron chi connectivity index (χ1n) is 5.39. The van der Waals surface area contributed by atoms with Gasteiger partial charge in [0.05, 0.1) is 6.33 Å². The molecule has 15 heavy (non-hydrogen) atoms. The lowest BCUT2D eigenvalue weighted by atomic mass is 10.1. The highest BCUT2D eigenvalue weighted by molar-refractivity contribution is 5.78. The van der Waals surface area contributed by atoms with Gasteiger partial charge in [-0.1, -0.05) is 13.8 Å². The normalized spacial score (nSPS) is 14.6. The highest BCUT2D eigenvalue weighted by Crippen LogP contribution is 2.01. The number of imidazole rings is 1. The maximum Gasteiger partial charge on any atom is 0.223 e. The molecule has 0 aliphatic heterocycles. The summed E-state index contributed by atoms with van der Waals surface area (Å²) in [4.78, 5) is 15.5. The Labute approximate surface area is 90.7 Å². The van der Waals surface area contributed by atoms with Crippen LogP contribution in [-0.4, -0.2) is 21.5 Å². The average molecular weight is 209 g/mol. The molecule has 4 heteroatoms. The molecule has 0 saturated carbocycles. The van der Waals surface area contributed by atoms with Crippen molar-refractivity contribution in [2.75, 3.05) is 0 Å². The van der Waals surface area contributed by atoms with E-state index in [9.17, 15) is 4.79 Å². The Morgan fingerprint density at radius 2 is 2.27 bits per heavy atom. The van der Waals surface area contributed by atoms with E-state index in [-0.39, 0.29) is 17.9 Å². The SMILES string of the molecule is CCC(C)C(=O)NC(C)Cn1ccnc1. The molecule has 1 N–H and O–H groups in total. The molecule has 4 nitrogen and oxygen atoms in total. The van der Waals surface area contributed by atoms with E-state index in [2.05, 4.69) is 10.3 Å². The Balaban J connectivity index is 2.36. The molecular weight excluding hydrogens is 190 g/mol. The zero-order chi connectivity index (χ0) is 11.3. The van der Waals surface area contributed by atoms with Crippen molar-refractivity contribution >= 4 is 5.91 Å². The van der Waals surface area contributed by atoms with E-state index in [0.29, 0.717) is 0 Å². The monoisotopic (exact) mass is 209 g/mol. The van der Waals surface area contributed by atoms with Crippen molar-refractivity contribution in [3.8, 4) is 0 Å². The van der Waals surface area contributed by atoms with Gasteiger partial charge in [0.25, 0.3) is 0 Å². The van der Waals surface area contributed by atoms with Crippen LogP contribution in [0.15, 0.2) is 18.7 Å². The van der Waals surface area contributed by atoms with E-state index >= 15 is 0 Å². The van der Waals surface area contributed by atoms with Gasteiger partial charge in [-0.05, 0) is 13.3 Å². The van der Waals surface area contributed by atoms with E-state index in [1.807, 2.05) is 31.5 Å². The van der Waals surface area contributed by atoms with Gasteiger partial charge in [-0.15, -0.1) is 0 Å². The summed E-state index contributed by atoms with van der Waals surface area (Å²) in [6.07, 6.45) is 6.27. The fourth-order valence-electron chi connectivity index (χ4n) is 1.33. The first-order valence-corrected chi connectivity index (χ1v) is 5.39. The molecular formula is C11H19N3O. The number of hydrogen-bond acceptors (Lipinski definition) is 2. The van der Waals surface area contributed by atoms with E-state index in [1.54, 1.807) is 12.5 Å². The zero-order valence-corrected chi connectivity index (χ0v) is 9.60. The van der Waals surface area contributed by atoms with Crippen LogP contribution in [0.2, 0.25) is 0 Å². The van der Waals surface area contributed by atoms with Crippen LogP contribution in [0, 0.1) is 5.92 Å². The molecule has 0 radical (unpaired) electrons. The van der Waals surface area contributed by atoms with E-state index in [0.717, 1.165) is 13.0 Å². The molecule has 1 rings (SSSR count). The van der Waals surface area contributed by atoms with Gasteiger partial charge >= 0.3 is 0 Å². The van der Waals surface area contributed by atoms with Crippen molar-refractivity contribution in [1.29, 1.82) is 0 Å². The van der Waals surface area contributed by atoms with Crippen molar-refractivity contribution in [2.45, 2.75) is 39.8 Å². The second-order valence-corrected chi connectivity index (χ2v) is 3.98. The lowest BCUT2D eigenvalue weighted by molar-refractivity contribution is -0.125. The van der Waals surface area contributed by atoms with Crippen molar-refractivity contribution < 1.29 is 4.79 Å². The van der Waals surface area contributed by atoms with Crippen molar-refractivity contribution in [3.63, 3.8) is 0 Å². The number of carbonyl (C=O) groups excluding carboxylic acids is 1. The maximum atomic E-state index is 11.6. The highest BCUT2D eigenvalue weighted by atomic mass is 16.1. The molecule has 0 spiro atoms. The van der Waals surface area contributed by atoms with Gasteiger partial charge in [0.15, 0.2) is 0 Å². The minimum absolute atomic E-state index is 0.0928. The van der Waals surface area contributed by atoms with Gasteiger partial charge in [0.2, 0.25) is 5.91 Å². The molecule has 0 saturated heterocycles. The summed E-state index contributed by atoms with van der Waals surface area (Å²) in [6, 6.07) is 0.140. The quantitative estimate of drug-likeness (QED) is 0.797. The Hall–Kier alpha value is -1.32. The summed E-state index contributed by atoms with van der Waals surface area (Å²) < 4.78 is 1.96. The van der Waals surface area contributed by atoms with Crippen molar-refractivity contribution in [3.05, 3.63) is 18.7 Å². The van der Waals surface area contributed by atoms with Crippen LogP contribution in [-0.2, 0) is 11.3 Å². The number of carbonyl (C=O) groups is 1. The minimum atomic E-state index is 0.0928. The molecule has 1 aromatic heterocycles. The third-order valence-corrected chi connectivity index (χ3v) is 2.49. The van der Waals surface area contributed by atoms with Crippen LogP contribution in [0.5, 0.6) is 0 Å². The van der Waals surface area contributed by atoms with Crippen LogP contribution in [0.3, 0.4) is 0 Å². The van der Waals surface area contributed by atoms with Gasteiger partial charge in [0, 0.05) is 30.9 Å². The van der Waals surface area contributed by atoms with Gasteiger partial charge < -0.3 is 9.88 Å². The number of aromatic nitrogens is 2. The van der Waals surface area contributed by atoms with Crippen LogP contribution in [0.25, 0.3) is 0 Å². The molecule has 1 heterocycles. The number of nitrogens with one attached hydrogen (secondary N) is 1. The summed E-state index contributed by atoms with van der Waals surface area (Å²) in [5.41, 5.74) is 0. The summed E-state index contributed by atoms with van der Waals surface area (Å²) in [6.45, 7) is 6.73. The molecule has 2 unspecified atom stereocenters. The molecule has 1 amide bonds. The number of rotatable bonds is 5. The molecule has 0 aromatic carbocycles. The third-order valence-electron chi connectivity index (χ3n) is 2.49. The van der Waals surface area contributed by atoms with Crippen LogP contribution in [0.4, 0.5) is 0 Å². The summed E-state index contributed by atoms with van der Waals surface area (Å²) in [5, 5.41) is 2.98. The van der Waals surface area contributed by atoms with Crippen LogP contribution in [0.1, 0.15) is 27.2 Å². The maximum absolute atomic E-state index is 11.6. The smallest absolute Gasteiger partial charge is 0.223 e. The van der Waals surface area contributed by atoms with Gasteiger partial charge in [0.1, 0.15) is 0 Å². The standard InChI is InChI=1S/C11H19N3O/c1-4-9(2)11(15)13-10(3)7-14-6-5-12-8-14/h5-6,8-10H,4,7H2,1-3H3,(H,13,15). The summed E-state index contributed by atoms with van der Waals surface area (Å²) in [5.74, 6) is 0.223.